The summed E-state index contributed by atoms with van der Waals surface area (Å²) in [5, 5.41) is 40.1. The molecule has 0 aromatic carbocycles. The Morgan fingerprint density at radius 3 is 2.02 bits per heavy atom. The van der Waals surface area contributed by atoms with E-state index in [0.717, 1.165) is 43.8 Å². The molecule has 0 heterocycles. The summed E-state index contributed by atoms with van der Waals surface area (Å²) in [6, 6.07) is 0. The Kier molecular flexibility index (Phi) is 10.5. The van der Waals surface area contributed by atoms with Crippen molar-refractivity contribution in [3.63, 3.8) is 0 Å². The number of fused-ring (bicyclic) bond motifs is 1. The van der Waals surface area contributed by atoms with Crippen molar-refractivity contribution in [1.29, 1.82) is 0 Å². The normalized spacial score (nSPS) is 33.4. The van der Waals surface area contributed by atoms with Gasteiger partial charge in [0.15, 0.2) is 0 Å². The number of rotatable bonds is 9. The zero-order chi connectivity index (χ0) is 31.8. The van der Waals surface area contributed by atoms with Crippen LogP contribution < -0.4 is 0 Å². The van der Waals surface area contributed by atoms with Crippen LogP contribution in [-0.2, 0) is 0 Å². The van der Waals surface area contributed by atoms with E-state index in [-0.39, 0.29) is 29.7 Å². The fourth-order valence-corrected chi connectivity index (χ4v) is 8.11. The lowest BCUT2D eigenvalue weighted by molar-refractivity contribution is -0.347. The van der Waals surface area contributed by atoms with E-state index >= 15 is 0 Å². The summed E-state index contributed by atoms with van der Waals surface area (Å²) in [5.74, 6) is 0.201. The minimum atomic E-state index is -5.91. The second-order valence-electron chi connectivity index (χ2n) is 14.2. The largest absolute Gasteiger partial charge is 0.429 e. The Morgan fingerprint density at radius 1 is 0.881 bits per heavy atom. The second-order valence-corrected chi connectivity index (χ2v) is 14.2. The maximum atomic E-state index is 13.3. The molecule has 6 atom stereocenters. The van der Waals surface area contributed by atoms with Crippen molar-refractivity contribution >= 4 is 0 Å². The predicted octanol–water partition coefficient (Wildman–Crippen LogP) is 7.71. The number of alkyl halides is 6. The van der Waals surface area contributed by atoms with Crippen molar-refractivity contribution < 1.29 is 46.8 Å². The lowest BCUT2D eigenvalue weighted by Gasteiger charge is -2.49. The summed E-state index contributed by atoms with van der Waals surface area (Å²) in [7, 11) is 0. The third-order valence-corrected chi connectivity index (χ3v) is 10.2. The summed E-state index contributed by atoms with van der Waals surface area (Å²) < 4.78 is 80.1. The van der Waals surface area contributed by atoms with Gasteiger partial charge in [-0.05, 0) is 113 Å². The van der Waals surface area contributed by atoms with Crippen LogP contribution in [0.3, 0.4) is 0 Å². The molecule has 0 aromatic rings. The van der Waals surface area contributed by atoms with Gasteiger partial charge < -0.3 is 20.4 Å². The number of aliphatic hydroxyl groups is 4. The van der Waals surface area contributed by atoms with Gasteiger partial charge in [0.05, 0.1) is 17.8 Å². The molecule has 3 rings (SSSR count). The highest BCUT2D eigenvalue weighted by atomic mass is 19.4. The molecule has 0 amide bonds. The zero-order valence-electron chi connectivity index (χ0n) is 25.2. The zero-order valence-corrected chi connectivity index (χ0v) is 25.2. The van der Waals surface area contributed by atoms with E-state index in [4.69, 9.17) is 0 Å². The van der Waals surface area contributed by atoms with Crippen LogP contribution in [0.5, 0.6) is 0 Å². The van der Waals surface area contributed by atoms with Gasteiger partial charge in [-0.1, -0.05) is 49.6 Å². The van der Waals surface area contributed by atoms with Gasteiger partial charge in [0.25, 0.3) is 5.60 Å². The molecule has 0 aromatic heterocycles. The van der Waals surface area contributed by atoms with Crippen molar-refractivity contribution in [1.82, 2.24) is 0 Å². The van der Waals surface area contributed by atoms with Crippen LogP contribution in [0.1, 0.15) is 105 Å². The van der Waals surface area contributed by atoms with Crippen molar-refractivity contribution in [3.8, 4) is 0 Å². The first-order valence-electron chi connectivity index (χ1n) is 15.1. The van der Waals surface area contributed by atoms with Crippen LogP contribution in [0.4, 0.5) is 26.3 Å². The quantitative estimate of drug-likeness (QED) is 0.159. The molecule has 10 heteroatoms. The molecule has 3 aliphatic carbocycles. The fraction of sp³-hybridized carbons (Fsp3) is 0.812. The van der Waals surface area contributed by atoms with E-state index in [2.05, 4.69) is 13.0 Å². The van der Waals surface area contributed by atoms with Crippen molar-refractivity contribution in [2.45, 2.75) is 141 Å². The maximum absolute atomic E-state index is 13.3. The number of hydrogen-bond donors (Lipinski definition) is 4. The maximum Gasteiger partial charge on any atom is 0.429 e. The van der Waals surface area contributed by atoms with Gasteiger partial charge in [-0.3, -0.25) is 0 Å². The topological polar surface area (TPSA) is 80.9 Å². The van der Waals surface area contributed by atoms with Crippen LogP contribution in [0.25, 0.3) is 0 Å². The molecule has 0 saturated heterocycles. The molecule has 3 saturated carbocycles. The van der Waals surface area contributed by atoms with Crippen LogP contribution in [0, 0.1) is 22.7 Å². The summed E-state index contributed by atoms with van der Waals surface area (Å²) in [5.41, 5.74) is -4.53. The number of halogens is 6. The molecule has 4 nitrogen and oxygen atoms in total. The molecule has 42 heavy (non-hydrogen) atoms. The third-order valence-electron chi connectivity index (χ3n) is 10.2. The van der Waals surface area contributed by atoms with Crippen molar-refractivity contribution in [2.75, 3.05) is 0 Å². The first-order chi connectivity index (χ1) is 19.1. The van der Waals surface area contributed by atoms with Crippen LogP contribution in [0.2, 0.25) is 0 Å². The van der Waals surface area contributed by atoms with Crippen LogP contribution in [0.15, 0.2) is 35.5 Å². The van der Waals surface area contributed by atoms with Gasteiger partial charge in [-0.2, -0.15) is 26.3 Å². The van der Waals surface area contributed by atoms with Crippen LogP contribution >= 0.6 is 0 Å². The van der Waals surface area contributed by atoms with Gasteiger partial charge in [-0.25, -0.2) is 0 Å². The summed E-state index contributed by atoms with van der Waals surface area (Å²) in [6.07, 6.45) is -1.06. The number of aliphatic hydroxyl groups excluding tert-OH is 2. The van der Waals surface area contributed by atoms with Crippen molar-refractivity contribution in [2.24, 2.45) is 22.7 Å². The van der Waals surface area contributed by atoms with Crippen molar-refractivity contribution in [3.05, 3.63) is 35.5 Å². The highest BCUT2D eigenvalue weighted by Gasteiger charge is 2.69. The minimum absolute atomic E-state index is 0.000925. The summed E-state index contributed by atoms with van der Waals surface area (Å²) in [6.45, 7) is 7.44. The van der Waals surface area contributed by atoms with Gasteiger partial charge in [0, 0.05) is 0 Å². The molecule has 0 radical (unpaired) electrons. The number of allylic oxidation sites excluding steroid dienone is 4. The monoisotopic (exact) mass is 610 g/mol. The first kappa shape index (κ1) is 35.1. The molecule has 3 fully saturated rings. The lowest BCUT2D eigenvalue weighted by atomic mass is 9.55. The Hall–Kier alpha value is -1.36. The fourth-order valence-electron chi connectivity index (χ4n) is 8.11. The molecular weight excluding hydrogens is 562 g/mol. The van der Waals surface area contributed by atoms with Gasteiger partial charge in [-0.15, -0.1) is 0 Å². The first-order valence-corrected chi connectivity index (χ1v) is 15.1. The van der Waals surface area contributed by atoms with E-state index in [0.29, 0.717) is 38.5 Å². The third kappa shape index (κ3) is 7.83. The number of hydrogen-bond acceptors (Lipinski definition) is 4. The molecule has 0 aliphatic heterocycles. The Labute approximate surface area is 245 Å². The van der Waals surface area contributed by atoms with E-state index in [9.17, 15) is 46.8 Å². The average molecular weight is 611 g/mol. The Bertz CT molecular complexity index is 997. The molecular formula is C32H48F6O4. The molecule has 0 bridgehead atoms. The average Bonchev–Trinajstić information content (AvgIpc) is 3.18. The highest BCUT2D eigenvalue weighted by Crippen LogP contribution is 2.64. The van der Waals surface area contributed by atoms with Gasteiger partial charge in [0.2, 0.25) is 0 Å². The Balaban J connectivity index is 1.91. The molecule has 2 unspecified atom stereocenters. The molecule has 4 N–H and O–H groups in total. The predicted molar refractivity (Wildman–Crippen MR) is 149 cm³/mol. The van der Waals surface area contributed by atoms with E-state index in [1.54, 1.807) is 13.8 Å². The van der Waals surface area contributed by atoms with E-state index in [1.165, 1.54) is 5.57 Å². The van der Waals surface area contributed by atoms with E-state index in [1.807, 2.05) is 13.0 Å². The van der Waals surface area contributed by atoms with Gasteiger partial charge >= 0.3 is 12.4 Å². The van der Waals surface area contributed by atoms with Gasteiger partial charge in [0.1, 0.15) is 0 Å². The smallest absolute Gasteiger partial charge is 0.393 e. The SMILES string of the molecule is CC(C)(O)CCC[C@](C)(C/C=C\C(O)(C(F)(F)F)C(F)(F)F)[C@H]1CCC2/C(=C/C=C3/CC(O)C[C@H](O)C3)CCC[C@@]21C. The Morgan fingerprint density at radius 2 is 1.48 bits per heavy atom. The summed E-state index contributed by atoms with van der Waals surface area (Å²) >= 11 is 0. The minimum Gasteiger partial charge on any atom is -0.393 e. The standard InChI is InChI=1S/C32H48F6O4/c1-27(2,41)13-6-14-28(3,15-7-17-30(42,31(33,34)35)32(36,37)38)26-12-11-25-22(8-5-16-29(25,26)4)10-9-21-18-23(39)20-24(40)19-21/h7,9-10,17,23-26,39-42H,5-6,8,11-16,18-20H2,1-4H3/b17-7-,21-9-,22-10+/t23?,24-,25?,26-,28-,29+/m1/s1. The molecule has 0 spiro atoms. The van der Waals surface area contributed by atoms with Crippen LogP contribution in [-0.4, -0.2) is 56.2 Å². The molecule has 242 valence electrons. The van der Waals surface area contributed by atoms with E-state index < -0.39 is 41.2 Å². The second kappa shape index (κ2) is 12.6. The highest BCUT2D eigenvalue weighted by molar-refractivity contribution is 5.27. The summed E-state index contributed by atoms with van der Waals surface area (Å²) in [4.78, 5) is 0. The molecule has 3 aliphatic rings. The lowest BCUT2D eigenvalue weighted by Crippen LogP contribution is -2.55.